The molecule has 37 heavy (non-hydrogen) atoms. The van der Waals surface area contributed by atoms with Crippen molar-refractivity contribution in [3.63, 3.8) is 0 Å². The third-order valence-corrected chi connectivity index (χ3v) is 6.56. The molecule has 2 saturated carbocycles. The molecule has 4 heteroatoms. The van der Waals surface area contributed by atoms with Crippen molar-refractivity contribution in [3.8, 4) is 11.5 Å². The van der Waals surface area contributed by atoms with Crippen LogP contribution >= 0.6 is 0 Å². The van der Waals surface area contributed by atoms with Crippen LogP contribution in [0.2, 0.25) is 0 Å². The van der Waals surface area contributed by atoms with Crippen molar-refractivity contribution >= 4 is 11.7 Å². The van der Waals surface area contributed by atoms with Gasteiger partial charge in [0.2, 0.25) is 0 Å². The van der Waals surface area contributed by atoms with E-state index in [-0.39, 0.29) is 6.03 Å². The fourth-order valence-electron chi connectivity index (χ4n) is 4.75. The van der Waals surface area contributed by atoms with Crippen LogP contribution in [-0.4, -0.2) is 13.1 Å². The van der Waals surface area contributed by atoms with Gasteiger partial charge in [0.25, 0.3) is 0 Å². The molecule has 2 aliphatic carbocycles. The number of ether oxygens (including phenoxy) is 1. The number of urea groups is 1. The minimum atomic E-state index is -0.243. The van der Waals surface area contributed by atoms with Gasteiger partial charge in [-0.1, -0.05) is 123 Å². The molecular weight excluding hydrogens is 456 g/mol. The molecule has 2 amide bonds. The Morgan fingerprint density at radius 2 is 1.03 bits per heavy atom. The number of benzene rings is 2. The maximum absolute atomic E-state index is 11.1. The number of aryl methyl sites for hydroxylation is 1. The summed E-state index contributed by atoms with van der Waals surface area (Å²) in [4.78, 5) is 11.1. The van der Waals surface area contributed by atoms with Crippen molar-refractivity contribution in [2.75, 3.05) is 12.4 Å². The Kier molecular flexibility index (Phi) is 21.2. The van der Waals surface area contributed by atoms with Crippen LogP contribution in [0, 0.1) is 18.8 Å². The van der Waals surface area contributed by atoms with Gasteiger partial charge < -0.3 is 15.4 Å². The number of hydrogen-bond donors (Lipinski definition) is 2. The number of carbonyl (C=O) groups excluding carboxylic acids is 1. The minimum Gasteiger partial charge on any atom is -0.457 e. The first-order valence-electron chi connectivity index (χ1n) is 15.0. The van der Waals surface area contributed by atoms with Crippen molar-refractivity contribution in [1.82, 2.24) is 5.32 Å². The van der Waals surface area contributed by atoms with Gasteiger partial charge in [0, 0.05) is 12.7 Å². The van der Waals surface area contributed by atoms with Gasteiger partial charge >= 0.3 is 6.03 Å². The molecular formula is C33H56N2O2. The summed E-state index contributed by atoms with van der Waals surface area (Å²) in [6.07, 6.45) is 15.4. The van der Waals surface area contributed by atoms with E-state index in [1.54, 1.807) is 44.9 Å². The van der Waals surface area contributed by atoms with Gasteiger partial charge in [-0.15, -0.1) is 0 Å². The van der Waals surface area contributed by atoms with Crippen LogP contribution < -0.4 is 15.4 Å². The summed E-state index contributed by atoms with van der Waals surface area (Å²) in [5.74, 6) is 3.79. The Bertz CT molecular complexity index is 759. The summed E-state index contributed by atoms with van der Waals surface area (Å²) in [6.45, 7) is 14.0. The van der Waals surface area contributed by atoms with Crippen LogP contribution in [-0.2, 0) is 0 Å². The van der Waals surface area contributed by atoms with Crippen LogP contribution in [0.15, 0.2) is 48.5 Å². The maximum Gasteiger partial charge on any atom is 0.318 e. The van der Waals surface area contributed by atoms with E-state index >= 15 is 0 Å². The first-order chi connectivity index (χ1) is 18.1. The van der Waals surface area contributed by atoms with E-state index in [1.165, 1.54) is 44.1 Å². The van der Waals surface area contributed by atoms with Gasteiger partial charge in [-0.25, -0.2) is 4.79 Å². The van der Waals surface area contributed by atoms with Crippen molar-refractivity contribution in [1.29, 1.82) is 0 Å². The fourth-order valence-corrected chi connectivity index (χ4v) is 4.75. The lowest BCUT2D eigenvalue weighted by Crippen LogP contribution is -2.24. The molecule has 0 spiro atoms. The van der Waals surface area contributed by atoms with E-state index in [2.05, 4.69) is 10.6 Å². The molecule has 0 aliphatic heterocycles. The molecule has 0 aromatic heterocycles. The maximum atomic E-state index is 11.1. The molecule has 2 aromatic carbocycles. The van der Waals surface area contributed by atoms with Gasteiger partial charge in [-0.05, 0) is 55.2 Å². The molecule has 0 atom stereocenters. The first-order valence-corrected chi connectivity index (χ1v) is 15.0. The number of hydrogen-bond acceptors (Lipinski definition) is 2. The molecule has 0 unspecified atom stereocenters. The Labute approximate surface area is 229 Å². The molecule has 2 aliphatic rings. The number of rotatable bonds is 4. The normalized spacial score (nSPS) is 14.9. The third kappa shape index (κ3) is 14.7. The van der Waals surface area contributed by atoms with Crippen LogP contribution in [0.5, 0.6) is 11.5 Å². The summed E-state index contributed by atoms with van der Waals surface area (Å²) in [7, 11) is 1.57. The smallest absolute Gasteiger partial charge is 0.318 e. The second-order valence-corrected chi connectivity index (χ2v) is 8.94. The van der Waals surface area contributed by atoms with E-state index in [9.17, 15) is 4.79 Å². The largest absolute Gasteiger partial charge is 0.457 e. The molecule has 2 fully saturated rings. The molecule has 0 heterocycles. The average Bonchev–Trinajstić information content (AvgIpc) is 2.99. The fraction of sp³-hybridized carbons (Fsp3) is 0.606. The molecule has 4 nitrogen and oxygen atoms in total. The zero-order valence-electron chi connectivity index (χ0n) is 25.2. The predicted octanol–water partition coefficient (Wildman–Crippen LogP) is 10.8. The van der Waals surface area contributed by atoms with E-state index in [0.717, 1.165) is 29.0 Å². The molecule has 2 N–H and O–H groups in total. The summed E-state index contributed by atoms with van der Waals surface area (Å²) in [5.41, 5.74) is 1.91. The number of amides is 2. The van der Waals surface area contributed by atoms with E-state index in [1.807, 2.05) is 84.9 Å². The van der Waals surface area contributed by atoms with Gasteiger partial charge in [0.1, 0.15) is 11.5 Å². The van der Waals surface area contributed by atoms with Crippen molar-refractivity contribution in [2.24, 2.45) is 11.8 Å². The Morgan fingerprint density at radius 3 is 1.41 bits per heavy atom. The number of carbonyl (C=O) groups is 1. The van der Waals surface area contributed by atoms with Crippen LogP contribution in [0.25, 0.3) is 0 Å². The quantitative estimate of drug-likeness (QED) is 0.428. The minimum absolute atomic E-state index is 0.243. The first kappa shape index (κ1) is 34.5. The lowest BCUT2D eigenvalue weighted by Gasteiger charge is -2.32. The number of anilines is 1. The SMILES string of the molecule is C1CCC(C2CCCCC2)CC1.CC.CC.CC.CNC(=O)Nc1ccc(Oc2ccc(C)cc2)cc1. The lowest BCUT2D eigenvalue weighted by molar-refractivity contribution is 0.196. The highest BCUT2D eigenvalue weighted by atomic mass is 16.5. The van der Waals surface area contributed by atoms with Crippen LogP contribution in [0.4, 0.5) is 10.5 Å². The lowest BCUT2D eigenvalue weighted by atomic mass is 9.73. The van der Waals surface area contributed by atoms with Crippen molar-refractivity contribution in [2.45, 2.75) is 113 Å². The van der Waals surface area contributed by atoms with Gasteiger partial charge in [0.15, 0.2) is 0 Å². The average molecular weight is 513 g/mol. The zero-order valence-corrected chi connectivity index (χ0v) is 25.2. The molecule has 210 valence electrons. The third-order valence-electron chi connectivity index (χ3n) is 6.56. The molecule has 4 rings (SSSR count). The van der Waals surface area contributed by atoms with Crippen LogP contribution in [0.3, 0.4) is 0 Å². The zero-order chi connectivity index (χ0) is 27.9. The van der Waals surface area contributed by atoms with Gasteiger partial charge in [-0.3, -0.25) is 0 Å². The second-order valence-electron chi connectivity index (χ2n) is 8.94. The summed E-state index contributed by atoms with van der Waals surface area (Å²) >= 11 is 0. The van der Waals surface area contributed by atoms with E-state index in [0.29, 0.717) is 0 Å². The Balaban J connectivity index is 0.000000618. The highest BCUT2D eigenvalue weighted by Gasteiger charge is 2.24. The predicted molar refractivity (Wildman–Crippen MR) is 163 cm³/mol. The molecule has 0 radical (unpaired) electrons. The van der Waals surface area contributed by atoms with Crippen LogP contribution in [0.1, 0.15) is 111 Å². The van der Waals surface area contributed by atoms with Crippen molar-refractivity contribution < 1.29 is 9.53 Å². The highest BCUT2D eigenvalue weighted by molar-refractivity contribution is 5.88. The Hall–Kier alpha value is -2.49. The topological polar surface area (TPSA) is 50.4 Å². The van der Waals surface area contributed by atoms with Crippen molar-refractivity contribution in [3.05, 3.63) is 54.1 Å². The summed E-state index contributed by atoms with van der Waals surface area (Å²) < 4.78 is 5.69. The number of nitrogens with one attached hydrogen (secondary N) is 2. The van der Waals surface area contributed by atoms with Gasteiger partial charge in [-0.2, -0.15) is 0 Å². The highest BCUT2D eigenvalue weighted by Crippen LogP contribution is 2.37. The van der Waals surface area contributed by atoms with E-state index in [4.69, 9.17) is 4.74 Å². The standard InChI is InChI=1S/C15H16N2O2.C12H22.3C2H6/c1-11-3-7-13(8-4-11)19-14-9-5-12(6-10-14)17-15(18)16-2;1-3-7-11(8-4-1)12-9-5-2-6-10-12;3*1-2/h3-10H,1-2H3,(H2,16,17,18);11-12H,1-10H2;3*1-2H3. The molecule has 2 aromatic rings. The van der Waals surface area contributed by atoms with E-state index < -0.39 is 0 Å². The summed E-state index contributed by atoms with van der Waals surface area (Å²) in [5, 5.41) is 5.18. The molecule has 0 saturated heterocycles. The Morgan fingerprint density at radius 1 is 0.649 bits per heavy atom. The monoisotopic (exact) mass is 512 g/mol. The molecule has 0 bridgehead atoms. The second kappa shape index (κ2) is 22.7. The van der Waals surface area contributed by atoms with Gasteiger partial charge in [0.05, 0.1) is 0 Å². The summed E-state index contributed by atoms with van der Waals surface area (Å²) in [6, 6.07) is 14.8.